The average Bonchev–Trinajstić information content (AvgIpc) is 3.32. The maximum atomic E-state index is 13.3. The number of fused-ring (bicyclic) bond motifs is 1. The Morgan fingerprint density at radius 3 is 2.88 bits per heavy atom. The number of amides is 1. The van der Waals surface area contributed by atoms with Gasteiger partial charge in [-0.1, -0.05) is 23.4 Å². The van der Waals surface area contributed by atoms with Crippen molar-refractivity contribution in [1.82, 2.24) is 19.6 Å². The van der Waals surface area contributed by atoms with Crippen LogP contribution in [0.2, 0.25) is 0 Å². The third-order valence-electron chi connectivity index (χ3n) is 4.81. The van der Waals surface area contributed by atoms with Gasteiger partial charge in [-0.3, -0.25) is 4.79 Å². The van der Waals surface area contributed by atoms with Gasteiger partial charge in [0.25, 0.3) is 5.91 Å². The zero-order valence-corrected chi connectivity index (χ0v) is 14.5. The Balaban J connectivity index is 1.73. The number of carbonyl (C=O) groups excluding carboxylic acids is 1. The van der Waals surface area contributed by atoms with Crippen LogP contribution in [0, 0.1) is 6.92 Å². The van der Waals surface area contributed by atoms with Crippen molar-refractivity contribution in [3.8, 4) is 0 Å². The molecule has 1 aliphatic rings. The molecule has 0 spiro atoms. The Bertz CT molecular complexity index is 929. The van der Waals surface area contributed by atoms with Crippen molar-refractivity contribution in [3.63, 3.8) is 0 Å². The number of hydrogen-bond donors (Lipinski definition) is 0. The van der Waals surface area contributed by atoms with E-state index in [4.69, 9.17) is 9.26 Å². The molecule has 3 aromatic rings. The van der Waals surface area contributed by atoms with Crippen LogP contribution in [0.5, 0.6) is 0 Å². The Morgan fingerprint density at radius 1 is 1.36 bits per heavy atom. The zero-order chi connectivity index (χ0) is 17.6. The van der Waals surface area contributed by atoms with Gasteiger partial charge in [0.15, 0.2) is 5.82 Å². The first-order valence-corrected chi connectivity index (χ1v) is 8.26. The number of rotatable bonds is 3. The summed E-state index contributed by atoms with van der Waals surface area (Å²) in [6.07, 6.45) is 2.48. The largest absolute Gasteiger partial charge is 0.380 e. The van der Waals surface area contributed by atoms with E-state index in [1.807, 2.05) is 42.1 Å². The molecule has 4 rings (SSSR count). The average molecular weight is 340 g/mol. The first-order chi connectivity index (χ1) is 12.1. The molecule has 1 aliphatic heterocycles. The number of aromatic nitrogens is 3. The van der Waals surface area contributed by atoms with E-state index in [1.165, 1.54) is 0 Å². The van der Waals surface area contributed by atoms with Crippen molar-refractivity contribution < 1.29 is 14.1 Å². The van der Waals surface area contributed by atoms with E-state index in [9.17, 15) is 4.79 Å². The summed E-state index contributed by atoms with van der Waals surface area (Å²) in [6, 6.07) is 7.63. The summed E-state index contributed by atoms with van der Waals surface area (Å²) in [7, 11) is 3.60. The molecule has 0 aliphatic carbocycles. The highest BCUT2D eigenvalue weighted by atomic mass is 16.5. The van der Waals surface area contributed by atoms with Gasteiger partial charge in [-0.05, 0) is 13.0 Å². The van der Waals surface area contributed by atoms with Crippen molar-refractivity contribution in [1.29, 1.82) is 0 Å². The fourth-order valence-corrected chi connectivity index (χ4v) is 3.54. The second kappa shape index (κ2) is 6.00. The van der Waals surface area contributed by atoms with Crippen LogP contribution in [0.3, 0.4) is 0 Å². The molecule has 1 saturated heterocycles. The number of hydrogen-bond acceptors (Lipinski definition) is 5. The molecular weight excluding hydrogens is 320 g/mol. The quantitative estimate of drug-likeness (QED) is 0.732. The number of aryl methyl sites for hydroxylation is 2. The van der Waals surface area contributed by atoms with Gasteiger partial charge >= 0.3 is 0 Å². The van der Waals surface area contributed by atoms with Crippen LogP contribution in [0.15, 0.2) is 35.0 Å². The molecule has 1 fully saturated rings. The van der Waals surface area contributed by atoms with Crippen LogP contribution in [-0.2, 0) is 11.8 Å². The number of benzene rings is 1. The Hall–Kier alpha value is -2.67. The standard InChI is InChI=1S/C18H20N4O3/c1-11-19-17(25-20-11)16-8-12(24-3)9-22(16)18(23)14-10-21(2)15-7-5-4-6-13(14)15/h4-7,10,12,16H,8-9H2,1-3H3/t12-,16-/m1/s1. The zero-order valence-electron chi connectivity index (χ0n) is 14.5. The van der Waals surface area contributed by atoms with Gasteiger partial charge in [0.1, 0.15) is 6.04 Å². The molecule has 0 unspecified atom stereocenters. The van der Waals surface area contributed by atoms with Crippen molar-refractivity contribution in [2.24, 2.45) is 7.05 Å². The molecule has 2 aromatic heterocycles. The van der Waals surface area contributed by atoms with E-state index < -0.39 is 0 Å². The van der Waals surface area contributed by atoms with Gasteiger partial charge in [-0.25, -0.2) is 0 Å². The van der Waals surface area contributed by atoms with E-state index in [2.05, 4.69) is 10.1 Å². The summed E-state index contributed by atoms with van der Waals surface area (Å²) in [6.45, 7) is 2.28. The van der Waals surface area contributed by atoms with E-state index in [1.54, 1.807) is 18.9 Å². The summed E-state index contributed by atoms with van der Waals surface area (Å²) >= 11 is 0. The number of carbonyl (C=O) groups is 1. The lowest BCUT2D eigenvalue weighted by Gasteiger charge is -2.21. The number of likely N-dealkylation sites (tertiary alicyclic amines) is 1. The minimum Gasteiger partial charge on any atom is -0.380 e. The Labute approximate surface area is 145 Å². The summed E-state index contributed by atoms with van der Waals surface area (Å²) < 4.78 is 12.8. The first kappa shape index (κ1) is 15.8. The van der Waals surface area contributed by atoms with Gasteiger partial charge < -0.3 is 18.7 Å². The van der Waals surface area contributed by atoms with Crippen LogP contribution in [0.25, 0.3) is 10.9 Å². The number of ether oxygens (including phenoxy) is 1. The maximum Gasteiger partial charge on any atom is 0.256 e. The van der Waals surface area contributed by atoms with E-state index in [0.717, 1.165) is 10.9 Å². The second-order valence-corrected chi connectivity index (χ2v) is 6.42. The Morgan fingerprint density at radius 2 is 2.16 bits per heavy atom. The lowest BCUT2D eigenvalue weighted by atomic mass is 10.1. The Kier molecular flexibility index (Phi) is 3.80. The minimum absolute atomic E-state index is 0.0443. The third-order valence-corrected chi connectivity index (χ3v) is 4.81. The van der Waals surface area contributed by atoms with E-state index in [0.29, 0.717) is 30.2 Å². The van der Waals surface area contributed by atoms with Crippen LogP contribution in [0.1, 0.15) is 34.5 Å². The molecule has 0 saturated carbocycles. The van der Waals surface area contributed by atoms with Gasteiger partial charge in [0.05, 0.1) is 11.7 Å². The van der Waals surface area contributed by atoms with E-state index in [-0.39, 0.29) is 18.1 Å². The molecule has 25 heavy (non-hydrogen) atoms. The highest BCUT2D eigenvalue weighted by Crippen LogP contribution is 2.35. The van der Waals surface area contributed by atoms with Gasteiger partial charge in [0, 0.05) is 44.2 Å². The van der Waals surface area contributed by atoms with Gasteiger partial charge in [-0.15, -0.1) is 0 Å². The van der Waals surface area contributed by atoms with Crippen molar-refractivity contribution in [3.05, 3.63) is 47.7 Å². The molecule has 1 aromatic carbocycles. The minimum atomic E-state index is -0.266. The molecule has 130 valence electrons. The molecule has 7 nitrogen and oxygen atoms in total. The molecule has 0 bridgehead atoms. The predicted molar refractivity (Wildman–Crippen MR) is 91.1 cm³/mol. The normalized spacial score (nSPS) is 20.5. The van der Waals surface area contributed by atoms with Crippen LogP contribution in [-0.4, -0.2) is 45.3 Å². The van der Waals surface area contributed by atoms with Crippen LogP contribution < -0.4 is 0 Å². The first-order valence-electron chi connectivity index (χ1n) is 8.26. The highest BCUT2D eigenvalue weighted by Gasteiger charge is 2.40. The fourth-order valence-electron chi connectivity index (χ4n) is 3.54. The van der Waals surface area contributed by atoms with Crippen LogP contribution >= 0.6 is 0 Å². The lowest BCUT2D eigenvalue weighted by molar-refractivity contribution is 0.0672. The smallest absolute Gasteiger partial charge is 0.256 e. The summed E-state index contributed by atoms with van der Waals surface area (Å²) in [5.74, 6) is 0.983. The van der Waals surface area contributed by atoms with Gasteiger partial charge in [-0.2, -0.15) is 4.98 Å². The molecule has 3 heterocycles. The molecule has 0 N–H and O–H groups in total. The molecule has 0 radical (unpaired) electrons. The number of methoxy groups -OCH3 is 1. The fraction of sp³-hybridized carbons (Fsp3) is 0.389. The van der Waals surface area contributed by atoms with E-state index >= 15 is 0 Å². The van der Waals surface area contributed by atoms with Gasteiger partial charge in [0.2, 0.25) is 5.89 Å². The summed E-state index contributed by atoms with van der Waals surface area (Å²) in [5, 5.41) is 4.80. The highest BCUT2D eigenvalue weighted by molar-refractivity contribution is 6.07. The molecule has 2 atom stereocenters. The van der Waals surface area contributed by atoms with Crippen molar-refractivity contribution >= 4 is 16.8 Å². The predicted octanol–water partition coefficient (Wildman–Crippen LogP) is 2.47. The third kappa shape index (κ3) is 2.60. The number of para-hydroxylation sites is 1. The second-order valence-electron chi connectivity index (χ2n) is 6.42. The monoisotopic (exact) mass is 340 g/mol. The SMILES string of the molecule is CO[C@@H]1C[C@H](c2nc(C)no2)N(C(=O)c2cn(C)c3ccccc23)C1. The van der Waals surface area contributed by atoms with Crippen molar-refractivity contribution in [2.45, 2.75) is 25.5 Å². The van der Waals surface area contributed by atoms with Crippen molar-refractivity contribution in [2.75, 3.05) is 13.7 Å². The summed E-state index contributed by atoms with van der Waals surface area (Å²) in [5.41, 5.74) is 1.70. The number of nitrogens with zero attached hydrogens (tertiary/aromatic N) is 4. The molecular formula is C18H20N4O3. The summed E-state index contributed by atoms with van der Waals surface area (Å²) in [4.78, 5) is 19.4. The molecule has 1 amide bonds. The molecule has 7 heteroatoms. The maximum absolute atomic E-state index is 13.3. The topological polar surface area (TPSA) is 73.4 Å². The lowest BCUT2D eigenvalue weighted by Crippen LogP contribution is -2.32. The van der Waals surface area contributed by atoms with Crippen LogP contribution in [0.4, 0.5) is 0 Å².